The SMILES string of the molecule is C#CCC(Cc1ccccc1)(C(N)=O)C(=O)OC. The topological polar surface area (TPSA) is 69.4 Å². The van der Waals surface area contributed by atoms with Gasteiger partial charge in [-0.15, -0.1) is 12.3 Å². The van der Waals surface area contributed by atoms with E-state index in [4.69, 9.17) is 12.2 Å². The largest absolute Gasteiger partial charge is 0.468 e. The van der Waals surface area contributed by atoms with Crippen LogP contribution < -0.4 is 5.73 Å². The number of ether oxygens (including phenoxy) is 1. The maximum absolute atomic E-state index is 11.9. The van der Waals surface area contributed by atoms with Crippen molar-refractivity contribution in [2.75, 3.05) is 7.11 Å². The lowest BCUT2D eigenvalue weighted by molar-refractivity contribution is -0.157. The molecule has 0 aliphatic heterocycles. The van der Waals surface area contributed by atoms with Gasteiger partial charge in [0, 0.05) is 6.42 Å². The number of esters is 1. The smallest absolute Gasteiger partial charge is 0.322 e. The second-order valence-electron chi connectivity index (χ2n) is 3.98. The summed E-state index contributed by atoms with van der Waals surface area (Å²) in [7, 11) is 1.21. The van der Waals surface area contributed by atoms with Crippen molar-refractivity contribution in [3.8, 4) is 12.3 Å². The third kappa shape index (κ3) is 2.69. The van der Waals surface area contributed by atoms with Crippen molar-refractivity contribution in [3.05, 3.63) is 35.9 Å². The van der Waals surface area contributed by atoms with Crippen LogP contribution in [0.1, 0.15) is 12.0 Å². The molecular formula is C14H15NO3. The molecule has 1 aromatic rings. The number of hydrogen-bond acceptors (Lipinski definition) is 3. The number of rotatable bonds is 5. The van der Waals surface area contributed by atoms with Gasteiger partial charge in [-0.3, -0.25) is 9.59 Å². The molecule has 18 heavy (non-hydrogen) atoms. The van der Waals surface area contributed by atoms with Gasteiger partial charge in [0.2, 0.25) is 5.91 Å². The van der Waals surface area contributed by atoms with Crippen molar-refractivity contribution in [3.63, 3.8) is 0 Å². The molecule has 0 saturated carbocycles. The van der Waals surface area contributed by atoms with E-state index >= 15 is 0 Å². The highest BCUT2D eigenvalue weighted by Crippen LogP contribution is 2.28. The van der Waals surface area contributed by atoms with Crippen molar-refractivity contribution in [2.45, 2.75) is 12.8 Å². The van der Waals surface area contributed by atoms with Crippen LogP contribution in [0.25, 0.3) is 0 Å². The molecule has 1 rings (SSSR count). The summed E-state index contributed by atoms with van der Waals surface area (Å²) in [4.78, 5) is 23.5. The van der Waals surface area contributed by atoms with Crippen LogP contribution in [0.5, 0.6) is 0 Å². The summed E-state index contributed by atoms with van der Waals surface area (Å²) in [5.74, 6) is 0.859. The number of carbonyl (C=O) groups is 2. The Balaban J connectivity index is 3.15. The first-order valence-electron chi connectivity index (χ1n) is 5.42. The fourth-order valence-electron chi connectivity index (χ4n) is 1.80. The molecule has 0 heterocycles. The zero-order valence-corrected chi connectivity index (χ0v) is 10.2. The molecule has 1 amide bonds. The summed E-state index contributed by atoms with van der Waals surface area (Å²) in [6.45, 7) is 0. The normalized spacial score (nSPS) is 13.1. The Bertz CT molecular complexity index is 476. The van der Waals surface area contributed by atoms with Gasteiger partial charge in [-0.25, -0.2) is 0 Å². The molecule has 0 spiro atoms. The van der Waals surface area contributed by atoms with Crippen molar-refractivity contribution < 1.29 is 14.3 Å². The number of methoxy groups -OCH3 is 1. The monoisotopic (exact) mass is 245 g/mol. The van der Waals surface area contributed by atoms with Crippen LogP contribution in [0, 0.1) is 17.8 Å². The predicted molar refractivity (Wildman–Crippen MR) is 67.2 cm³/mol. The molecule has 0 aliphatic carbocycles. The number of primary amides is 1. The molecule has 0 aromatic heterocycles. The minimum absolute atomic E-state index is 0.0795. The average Bonchev–Trinajstić information content (AvgIpc) is 2.38. The van der Waals surface area contributed by atoms with Gasteiger partial charge in [-0.05, 0) is 12.0 Å². The molecule has 0 saturated heterocycles. The van der Waals surface area contributed by atoms with Crippen molar-refractivity contribution in [1.29, 1.82) is 0 Å². The fourth-order valence-corrected chi connectivity index (χ4v) is 1.80. The highest BCUT2D eigenvalue weighted by molar-refractivity contribution is 6.02. The predicted octanol–water partition coefficient (Wildman–Crippen LogP) is 0.897. The Labute approximate surface area is 106 Å². The Morgan fingerprint density at radius 2 is 2.00 bits per heavy atom. The van der Waals surface area contributed by atoms with E-state index in [0.29, 0.717) is 0 Å². The van der Waals surface area contributed by atoms with E-state index in [1.807, 2.05) is 18.2 Å². The molecule has 1 unspecified atom stereocenters. The van der Waals surface area contributed by atoms with E-state index in [2.05, 4.69) is 10.7 Å². The zero-order valence-electron chi connectivity index (χ0n) is 10.2. The number of carbonyl (C=O) groups excluding carboxylic acids is 2. The summed E-state index contributed by atoms with van der Waals surface area (Å²) < 4.78 is 4.67. The summed E-state index contributed by atoms with van der Waals surface area (Å²) in [5, 5.41) is 0. The first kappa shape index (κ1) is 13.8. The molecule has 4 nitrogen and oxygen atoms in total. The second kappa shape index (κ2) is 5.87. The Kier molecular flexibility index (Phi) is 4.50. The summed E-state index contributed by atoms with van der Waals surface area (Å²) in [6, 6.07) is 9.07. The summed E-state index contributed by atoms with van der Waals surface area (Å²) in [6.07, 6.45) is 5.29. The van der Waals surface area contributed by atoms with Gasteiger partial charge in [0.05, 0.1) is 7.11 Å². The standard InChI is InChI=1S/C14H15NO3/c1-3-9-14(12(15)16,13(17)18-2)10-11-7-5-4-6-8-11/h1,4-8H,9-10H2,2H3,(H2,15,16). The number of nitrogens with two attached hydrogens (primary N) is 1. The highest BCUT2D eigenvalue weighted by atomic mass is 16.5. The zero-order chi connectivity index (χ0) is 13.6. The Morgan fingerprint density at radius 3 is 2.44 bits per heavy atom. The molecule has 4 heteroatoms. The number of amides is 1. The van der Waals surface area contributed by atoms with Gasteiger partial charge < -0.3 is 10.5 Å². The van der Waals surface area contributed by atoms with Gasteiger partial charge in [0.25, 0.3) is 0 Å². The van der Waals surface area contributed by atoms with Gasteiger partial charge in [0.1, 0.15) is 0 Å². The van der Waals surface area contributed by atoms with Gasteiger partial charge in [-0.1, -0.05) is 30.3 Å². The lowest BCUT2D eigenvalue weighted by atomic mass is 9.78. The Hall–Kier alpha value is -2.28. The minimum atomic E-state index is -1.50. The van der Waals surface area contributed by atoms with Crippen molar-refractivity contribution in [2.24, 2.45) is 11.1 Å². The van der Waals surface area contributed by atoms with Crippen molar-refractivity contribution >= 4 is 11.9 Å². The Morgan fingerprint density at radius 1 is 1.39 bits per heavy atom. The quantitative estimate of drug-likeness (QED) is 0.476. The third-order valence-electron chi connectivity index (χ3n) is 2.80. The third-order valence-corrected chi connectivity index (χ3v) is 2.80. The van der Waals surface area contributed by atoms with Crippen LogP contribution in [-0.2, 0) is 20.7 Å². The van der Waals surface area contributed by atoms with E-state index in [1.54, 1.807) is 12.1 Å². The van der Waals surface area contributed by atoms with Crippen LogP contribution in [0.2, 0.25) is 0 Å². The maximum Gasteiger partial charge on any atom is 0.322 e. The van der Waals surface area contributed by atoms with E-state index in [9.17, 15) is 9.59 Å². The number of benzene rings is 1. The van der Waals surface area contributed by atoms with Crippen LogP contribution in [0.4, 0.5) is 0 Å². The second-order valence-corrected chi connectivity index (χ2v) is 3.98. The highest BCUT2D eigenvalue weighted by Gasteiger charge is 2.45. The molecule has 0 radical (unpaired) electrons. The molecule has 1 aromatic carbocycles. The van der Waals surface area contributed by atoms with E-state index < -0.39 is 17.3 Å². The number of hydrogen-bond donors (Lipinski definition) is 1. The van der Waals surface area contributed by atoms with E-state index in [1.165, 1.54) is 7.11 Å². The lowest BCUT2D eigenvalue weighted by Gasteiger charge is -2.25. The first-order valence-corrected chi connectivity index (χ1v) is 5.42. The summed E-state index contributed by atoms with van der Waals surface area (Å²) >= 11 is 0. The van der Waals surface area contributed by atoms with Gasteiger partial charge in [0.15, 0.2) is 5.41 Å². The van der Waals surface area contributed by atoms with Crippen LogP contribution in [0.3, 0.4) is 0 Å². The average molecular weight is 245 g/mol. The molecular weight excluding hydrogens is 230 g/mol. The first-order chi connectivity index (χ1) is 8.56. The minimum Gasteiger partial charge on any atom is -0.468 e. The molecule has 0 fully saturated rings. The van der Waals surface area contributed by atoms with Crippen LogP contribution >= 0.6 is 0 Å². The lowest BCUT2D eigenvalue weighted by Crippen LogP contribution is -2.46. The molecule has 94 valence electrons. The van der Waals surface area contributed by atoms with Crippen molar-refractivity contribution in [1.82, 2.24) is 0 Å². The molecule has 2 N–H and O–H groups in total. The van der Waals surface area contributed by atoms with E-state index in [0.717, 1.165) is 5.56 Å². The summed E-state index contributed by atoms with van der Waals surface area (Å²) in [5.41, 5.74) is 4.65. The fraction of sp³-hybridized carbons (Fsp3) is 0.286. The van der Waals surface area contributed by atoms with Crippen LogP contribution in [0.15, 0.2) is 30.3 Å². The maximum atomic E-state index is 11.9. The molecule has 0 bridgehead atoms. The van der Waals surface area contributed by atoms with Crippen LogP contribution in [-0.4, -0.2) is 19.0 Å². The molecule has 0 aliphatic rings. The van der Waals surface area contributed by atoms with Gasteiger partial charge in [-0.2, -0.15) is 0 Å². The number of terminal acetylenes is 1. The molecule has 1 atom stereocenters. The van der Waals surface area contributed by atoms with E-state index in [-0.39, 0.29) is 12.8 Å². The van der Waals surface area contributed by atoms with Gasteiger partial charge >= 0.3 is 5.97 Å².